The highest BCUT2D eigenvalue weighted by atomic mass is 16.4. The van der Waals surface area contributed by atoms with Crippen LogP contribution in [0.2, 0.25) is 0 Å². The average Bonchev–Trinajstić information content (AvgIpc) is 1.81. The van der Waals surface area contributed by atoms with Crippen LogP contribution in [0, 0.1) is 0 Å². The third-order valence-corrected chi connectivity index (χ3v) is 0.995. The largest absolute Gasteiger partial charge is 0.478 e. The molecule has 0 rings (SSSR count). The van der Waals surface area contributed by atoms with Gasteiger partial charge < -0.3 is 10.8 Å². The summed E-state index contributed by atoms with van der Waals surface area (Å²) in [6, 6.07) is 0. The van der Waals surface area contributed by atoms with E-state index in [0.29, 0.717) is 6.42 Å². The summed E-state index contributed by atoms with van der Waals surface area (Å²) < 4.78 is 0. The topological polar surface area (TPSA) is 80.4 Å². The molecule has 0 atom stereocenters. The van der Waals surface area contributed by atoms with Crippen LogP contribution < -0.4 is 5.73 Å². The SMILES string of the molecule is CCC(=CC(=O)O)C(N)=O. The zero-order valence-corrected chi connectivity index (χ0v) is 5.63. The number of carboxylic acid groups (broad SMARTS) is 1. The first kappa shape index (κ1) is 8.68. The van der Waals surface area contributed by atoms with E-state index in [1.54, 1.807) is 6.92 Å². The van der Waals surface area contributed by atoms with Gasteiger partial charge in [0.1, 0.15) is 0 Å². The zero-order chi connectivity index (χ0) is 8.15. The maximum Gasteiger partial charge on any atom is 0.328 e. The minimum atomic E-state index is -1.14. The summed E-state index contributed by atoms with van der Waals surface area (Å²) in [5.74, 6) is -1.82. The lowest BCUT2D eigenvalue weighted by atomic mass is 10.2. The molecule has 0 radical (unpaired) electrons. The fourth-order valence-corrected chi connectivity index (χ4v) is 0.496. The second-order valence-electron chi connectivity index (χ2n) is 1.73. The molecule has 0 aromatic heterocycles. The highest BCUT2D eigenvalue weighted by molar-refractivity contribution is 5.97. The minimum absolute atomic E-state index is 0.132. The third-order valence-electron chi connectivity index (χ3n) is 0.995. The summed E-state index contributed by atoms with van der Waals surface area (Å²) in [4.78, 5) is 20.3. The molecular weight excluding hydrogens is 134 g/mol. The number of aliphatic carboxylic acids is 1. The normalized spacial score (nSPS) is 11.1. The number of carboxylic acids is 1. The van der Waals surface area contributed by atoms with E-state index in [2.05, 4.69) is 0 Å². The second kappa shape index (κ2) is 3.66. The van der Waals surface area contributed by atoms with Gasteiger partial charge in [0, 0.05) is 11.6 Å². The van der Waals surface area contributed by atoms with Gasteiger partial charge in [-0.25, -0.2) is 4.79 Å². The summed E-state index contributed by atoms with van der Waals surface area (Å²) in [6.45, 7) is 1.67. The first-order chi connectivity index (χ1) is 4.57. The molecule has 0 aromatic rings. The van der Waals surface area contributed by atoms with Crippen molar-refractivity contribution in [3.63, 3.8) is 0 Å². The summed E-state index contributed by atoms with van der Waals surface area (Å²) in [5, 5.41) is 8.18. The summed E-state index contributed by atoms with van der Waals surface area (Å²) in [7, 11) is 0. The van der Waals surface area contributed by atoms with E-state index >= 15 is 0 Å². The van der Waals surface area contributed by atoms with Gasteiger partial charge in [0.05, 0.1) is 0 Å². The Morgan fingerprint density at radius 2 is 2.10 bits per heavy atom. The van der Waals surface area contributed by atoms with E-state index in [1.807, 2.05) is 0 Å². The molecule has 0 spiro atoms. The van der Waals surface area contributed by atoms with Gasteiger partial charge in [-0.15, -0.1) is 0 Å². The van der Waals surface area contributed by atoms with Gasteiger partial charge in [-0.1, -0.05) is 6.92 Å². The molecule has 0 heterocycles. The van der Waals surface area contributed by atoms with Crippen molar-refractivity contribution in [3.8, 4) is 0 Å². The Labute approximate surface area is 58.3 Å². The van der Waals surface area contributed by atoms with E-state index in [4.69, 9.17) is 10.8 Å². The fraction of sp³-hybridized carbons (Fsp3) is 0.333. The Hall–Kier alpha value is -1.32. The van der Waals surface area contributed by atoms with Crippen molar-refractivity contribution in [3.05, 3.63) is 11.6 Å². The minimum Gasteiger partial charge on any atom is -0.478 e. The smallest absolute Gasteiger partial charge is 0.328 e. The molecular formula is C6H9NO3. The Bertz CT molecular complexity index is 183. The molecule has 0 saturated heterocycles. The average molecular weight is 143 g/mol. The molecule has 1 amide bonds. The Kier molecular flexibility index (Phi) is 3.17. The van der Waals surface area contributed by atoms with Crippen molar-refractivity contribution in [2.24, 2.45) is 5.73 Å². The van der Waals surface area contributed by atoms with Gasteiger partial charge in [-0.2, -0.15) is 0 Å². The van der Waals surface area contributed by atoms with E-state index < -0.39 is 11.9 Å². The van der Waals surface area contributed by atoms with E-state index in [9.17, 15) is 9.59 Å². The monoisotopic (exact) mass is 143 g/mol. The van der Waals surface area contributed by atoms with Gasteiger partial charge in [0.25, 0.3) is 0 Å². The number of carbonyl (C=O) groups excluding carboxylic acids is 1. The number of carbonyl (C=O) groups is 2. The Morgan fingerprint density at radius 3 is 2.20 bits per heavy atom. The van der Waals surface area contributed by atoms with Crippen LogP contribution in [-0.2, 0) is 9.59 Å². The van der Waals surface area contributed by atoms with Crippen molar-refractivity contribution in [2.45, 2.75) is 13.3 Å². The molecule has 0 bridgehead atoms. The number of hydrogen-bond acceptors (Lipinski definition) is 2. The van der Waals surface area contributed by atoms with Gasteiger partial charge in [-0.05, 0) is 6.42 Å². The zero-order valence-electron chi connectivity index (χ0n) is 5.63. The predicted octanol–water partition coefficient (Wildman–Crippen LogP) is -0.107. The molecule has 4 heteroatoms. The van der Waals surface area contributed by atoms with Crippen LogP contribution in [0.15, 0.2) is 11.6 Å². The van der Waals surface area contributed by atoms with Crippen LogP contribution in [0.25, 0.3) is 0 Å². The molecule has 0 unspecified atom stereocenters. The number of primary amides is 1. The lowest BCUT2D eigenvalue weighted by Crippen LogP contribution is -2.14. The number of nitrogens with two attached hydrogens (primary N) is 1. The van der Waals surface area contributed by atoms with Gasteiger partial charge in [-0.3, -0.25) is 4.79 Å². The van der Waals surface area contributed by atoms with Crippen LogP contribution in [0.4, 0.5) is 0 Å². The molecule has 10 heavy (non-hydrogen) atoms. The van der Waals surface area contributed by atoms with Crippen LogP contribution in [0.5, 0.6) is 0 Å². The Morgan fingerprint density at radius 1 is 1.60 bits per heavy atom. The maximum atomic E-state index is 10.4. The number of hydrogen-bond donors (Lipinski definition) is 2. The van der Waals surface area contributed by atoms with Crippen molar-refractivity contribution in [1.29, 1.82) is 0 Å². The molecule has 0 fully saturated rings. The first-order valence-electron chi connectivity index (χ1n) is 2.81. The molecule has 4 nitrogen and oxygen atoms in total. The lowest BCUT2D eigenvalue weighted by Gasteiger charge is -1.93. The van der Waals surface area contributed by atoms with E-state index in [0.717, 1.165) is 6.08 Å². The van der Waals surface area contributed by atoms with Crippen molar-refractivity contribution in [1.82, 2.24) is 0 Å². The standard InChI is InChI=1S/C6H9NO3/c1-2-4(6(7)10)3-5(8)9/h3H,2H2,1H3,(H2,7,10)(H,8,9). The molecule has 0 aromatic carbocycles. The number of rotatable bonds is 3. The molecule has 0 saturated carbocycles. The first-order valence-corrected chi connectivity index (χ1v) is 2.81. The quantitative estimate of drug-likeness (QED) is 0.541. The van der Waals surface area contributed by atoms with Gasteiger partial charge >= 0.3 is 5.97 Å². The maximum absolute atomic E-state index is 10.4. The Balaban J connectivity index is 4.34. The molecule has 0 aliphatic heterocycles. The van der Waals surface area contributed by atoms with Crippen LogP contribution in [-0.4, -0.2) is 17.0 Å². The van der Waals surface area contributed by atoms with Crippen molar-refractivity contribution in [2.75, 3.05) is 0 Å². The molecule has 3 N–H and O–H groups in total. The van der Waals surface area contributed by atoms with Gasteiger partial charge in [0.15, 0.2) is 0 Å². The second-order valence-corrected chi connectivity index (χ2v) is 1.73. The van der Waals surface area contributed by atoms with Gasteiger partial charge in [0.2, 0.25) is 5.91 Å². The van der Waals surface area contributed by atoms with Crippen molar-refractivity contribution < 1.29 is 14.7 Å². The van der Waals surface area contributed by atoms with E-state index in [-0.39, 0.29) is 5.57 Å². The van der Waals surface area contributed by atoms with Crippen molar-refractivity contribution >= 4 is 11.9 Å². The highest BCUT2D eigenvalue weighted by Crippen LogP contribution is 1.97. The molecule has 56 valence electrons. The third kappa shape index (κ3) is 2.86. The lowest BCUT2D eigenvalue weighted by molar-refractivity contribution is -0.131. The summed E-state index contributed by atoms with van der Waals surface area (Å²) in [5.41, 5.74) is 4.96. The van der Waals surface area contributed by atoms with Crippen LogP contribution in [0.1, 0.15) is 13.3 Å². The van der Waals surface area contributed by atoms with Crippen LogP contribution >= 0.6 is 0 Å². The highest BCUT2D eigenvalue weighted by Gasteiger charge is 2.02. The molecule has 0 aliphatic carbocycles. The van der Waals surface area contributed by atoms with Crippen LogP contribution in [0.3, 0.4) is 0 Å². The summed E-state index contributed by atoms with van der Waals surface area (Å²) >= 11 is 0. The van der Waals surface area contributed by atoms with E-state index in [1.165, 1.54) is 0 Å². The number of amides is 1. The summed E-state index contributed by atoms with van der Waals surface area (Å²) in [6.07, 6.45) is 1.17. The fourth-order valence-electron chi connectivity index (χ4n) is 0.496. The predicted molar refractivity (Wildman–Crippen MR) is 35.2 cm³/mol. The molecule has 0 aliphatic rings.